The second kappa shape index (κ2) is 7.13. The number of carboxylic acid groups (broad SMARTS) is 2. The molecule has 18 heavy (non-hydrogen) atoms. The molecule has 1 fully saturated rings. The molecule has 102 valence electrons. The Morgan fingerprint density at radius 3 is 2.11 bits per heavy atom. The number of hydrogen-bond acceptors (Lipinski definition) is 4. The topological polar surface area (TPSA) is 87.1 Å². The van der Waals surface area contributed by atoms with Gasteiger partial charge in [0.15, 0.2) is 0 Å². The number of ether oxygens (including phenoxy) is 1. The Bertz CT molecular complexity index is 344. The first-order valence-corrected chi connectivity index (χ1v) is 6.05. The lowest BCUT2D eigenvalue weighted by Crippen LogP contribution is -2.37. The molecule has 0 unspecified atom stereocenters. The fourth-order valence-electron chi connectivity index (χ4n) is 1.98. The number of carbonyl (C=O) groups is 2. The first-order valence-electron chi connectivity index (χ1n) is 6.05. The predicted octanol–water partition coefficient (Wildman–Crippen LogP) is 0.585. The van der Waals surface area contributed by atoms with E-state index in [2.05, 4.69) is 4.90 Å². The van der Waals surface area contributed by atoms with Crippen molar-refractivity contribution in [2.45, 2.75) is 19.8 Å². The van der Waals surface area contributed by atoms with E-state index in [9.17, 15) is 9.59 Å². The summed E-state index contributed by atoms with van der Waals surface area (Å²) in [6.45, 7) is 5.03. The van der Waals surface area contributed by atoms with E-state index in [1.165, 1.54) is 0 Å². The highest BCUT2D eigenvalue weighted by Gasteiger charge is 2.20. The molecule has 2 N–H and O–H groups in total. The molecule has 0 aromatic heterocycles. The molecule has 1 aliphatic heterocycles. The zero-order valence-corrected chi connectivity index (χ0v) is 10.5. The van der Waals surface area contributed by atoms with Gasteiger partial charge in [-0.3, -0.25) is 4.90 Å². The van der Waals surface area contributed by atoms with Gasteiger partial charge in [-0.05, 0) is 12.8 Å². The molecule has 0 bridgehead atoms. The van der Waals surface area contributed by atoms with Gasteiger partial charge in [0, 0.05) is 30.8 Å². The SMILES string of the molecule is CC/C(C(=O)O)=C(/CCN1CCOCC1)C(=O)O. The molecule has 0 aliphatic carbocycles. The van der Waals surface area contributed by atoms with Crippen LogP contribution in [0.4, 0.5) is 0 Å². The van der Waals surface area contributed by atoms with Crippen molar-refractivity contribution < 1.29 is 24.5 Å². The summed E-state index contributed by atoms with van der Waals surface area (Å²) in [6.07, 6.45) is 0.477. The van der Waals surface area contributed by atoms with Crippen LogP contribution in [0.3, 0.4) is 0 Å². The second-order valence-corrected chi connectivity index (χ2v) is 4.12. The maximum atomic E-state index is 11.1. The van der Waals surface area contributed by atoms with E-state index in [4.69, 9.17) is 14.9 Å². The first-order chi connectivity index (χ1) is 8.56. The van der Waals surface area contributed by atoms with Crippen molar-refractivity contribution in [1.82, 2.24) is 4.90 Å². The largest absolute Gasteiger partial charge is 0.478 e. The van der Waals surface area contributed by atoms with Crippen LogP contribution >= 0.6 is 0 Å². The molecule has 0 atom stereocenters. The van der Waals surface area contributed by atoms with Crippen molar-refractivity contribution in [2.75, 3.05) is 32.8 Å². The minimum Gasteiger partial charge on any atom is -0.478 e. The summed E-state index contributed by atoms with van der Waals surface area (Å²) in [5.41, 5.74) is 0.00671. The van der Waals surface area contributed by atoms with E-state index < -0.39 is 11.9 Å². The minimum absolute atomic E-state index is 0.00393. The van der Waals surface area contributed by atoms with Gasteiger partial charge < -0.3 is 14.9 Å². The van der Waals surface area contributed by atoms with Crippen molar-refractivity contribution >= 4 is 11.9 Å². The van der Waals surface area contributed by atoms with Gasteiger partial charge in [0.1, 0.15) is 0 Å². The molecule has 0 aromatic rings. The summed E-state index contributed by atoms with van der Waals surface area (Å²) in [7, 11) is 0. The summed E-state index contributed by atoms with van der Waals surface area (Å²) >= 11 is 0. The van der Waals surface area contributed by atoms with Gasteiger partial charge in [-0.1, -0.05) is 6.92 Å². The molecular formula is C12H19NO5. The van der Waals surface area contributed by atoms with Crippen LogP contribution in [0.1, 0.15) is 19.8 Å². The number of carboxylic acids is 2. The van der Waals surface area contributed by atoms with Gasteiger partial charge in [-0.2, -0.15) is 0 Å². The molecule has 0 spiro atoms. The van der Waals surface area contributed by atoms with E-state index in [-0.39, 0.29) is 24.0 Å². The number of rotatable bonds is 6. The summed E-state index contributed by atoms with van der Waals surface area (Å²) < 4.78 is 5.20. The van der Waals surface area contributed by atoms with Gasteiger partial charge in [-0.25, -0.2) is 9.59 Å². The fraction of sp³-hybridized carbons (Fsp3) is 0.667. The minimum atomic E-state index is -1.14. The maximum absolute atomic E-state index is 11.1. The molecule has 0 saturated carbocycles. The van der Waals surface area contributed by atoms with Gasteiger partial charge >= 0.3 is 11.9 Å². The number of aliphatic carboxylic acids is 2. The van der Waals surface area contributed by atoms with Crippen LogP contribution < -0.4 is 0 Å². The zero-order valence-electron chi connectivity index (χ0n) is 10.5. The highest BCUT2D eigenvalue weighted by atomic mass is 16.5. The van der Waals surface area contributed by atoms with Gasteiger partial charge in [0.25, 0.3) is 0 Å². The van der Waals surface area contributed by atoms with Crippen molar-refractivity contribution in [2.24, 2.45) is 0 Å². The van der Waals surface area contributed by atoms with Crippen molar-refractivity contribution in [3.63, 3.8) is 0 Å². The summed E-state index contributed by atoms with van der Waals surface area (Å²) in [6, 6.07) is 0. The van der Waals surface area contributed by atoms with Crippen LogP contribution in [0.5, 0.6) is 0 Å². The molecule has 0 aromatic carbocycles. The second-order valence-electron chi connectivity index (χ2n) is 4.12. The van der Waals surface area contributed by atoms with Crippen molar-refractivity contribution in [3.8, 4) is 0 Å². The smallest absolute Gasteiger partial charge is 0.332 e. The number of hydrogen-bond donors (Lipinski definition) is 2. The molecule has 0 amide bonds. The highest BCUT2D eigenvalue weighted by molar-refractivity contribution is 5.98. The molecule has 6 nitrogen and oxygen atoms in total. The normalized spacial score (nSPS) is 18.3. The molecular weight excluding hydrogens is 238 g/mol. The molecule has 0 radical (unpaired) electrons. The van der Waals surface area contributed by atoms with Gasteiger partial charge in [0.2, 0.25) is 0 Å². The van der Waals surface area contributed by atoms with E-state index in [1.54, 1.807) is 6.92 Å². The standard InChI is InChI=1S/C12H19NO5/c1-2-9(11(14)15)10(12(16)17)3-4-13-5-7-18-8-6-13/h2-8H2,1H3,(H,14,15)(H,16,17)/b10-9+. The Morgan fingerprint density at radius 2 is 1.67 bits per heavy atom. The first kappa shape index (κ1) is 14.7. The Hall–Kier alpha value is -1.40. The van der Waals surface area contributed by atoms with Crippen LogP contribution in [0.2, 0.25) is 0 Å². The number of nitrogens with zero attached hydrogens (tertiary/aromatic N) is 1. The fourth-order valence-corrected chi connectivity index (χ4v) is 1.98. The molecule has 1 saturated heterocycles. The third-order valence-electron chi connectivity index (χ3n) is 3.02. The van der Waals surface area contributed by atoms with Crippen LogP contribution in [0.15, 0.2) is 11.1 Å². The predicted molar refractivity (Wildman–Crippen MR) is 64.5 cm³/mol. The molecule has 1 rings (SSSR count). The lowest BCUT2D eigenvalue weighted by atomic mass is 10.0. The van der Waals surface area contributed by atoms with Crippen LogP contribution in [0.25, 0.3) is 0 Å². The lowest BCUT2D eigenvalue weighted by molar-refractivity contribution is -0.136. The molecule has 1 aliphatic rings. The average Bonchev–Trinajstić information content (AvgIpc) is 2.34. The zero-order chi connectivity index (χ0) is 13.5. The molecule has 1 heterocycles. The van der Waals surface area contributed by atoms with Crippen LogP contribution in [-0.2, 0) is 14.3 Å². The Kier molecular flexibility index (Phi) is 5.80. The van der Waals surface area contributed by atoms with Crippen molar-refractivity contribution in [1.29, 1.82) is 0 Å². The van der Waals surface area contributed by atoms with Gasteiger partial charge in [0.05, 0.1) is 13.2 Å². The number of morpholine rings is 1. The summed E-state index contributed by atoms with van der Waals surface area (Å²) in [5, 5.41) is 18.1. The average molecular weight is 257 g/mol. The van der Waals surface area contributed by atoms with E-state index >= 15 is 0 Å². The monoisotopic (exact) mass is 257 g/mol. The van der Waals surface area contributed by atoms with E-state index in [1.807, 2.05) is 0 Å². The lowest BCUT2D eigenvalue weighted by Gasteiger charge is -2.26. The molecule has 6 heteroatoms. The summed E-state index contributed by atoms with van der Waals surface area (Å²) in [4.78, 5) is 24.2. The van der Waals surface area contributed by atoms with Crippen LogP contribution in [-0.4, -0.2) is 59.9 Å². The van der Waals surface area contributed by atoms with Gasteiger partial charge in [-0.15, -0.1) is 0 Å². The Balaban J connectivity index is 2.68. The Labute approximate surface area is 106 Å². The van der Waals surface area contributed by atoms with Crippen LogP contribution in [0, 0.1) is 0 Å². The summed E-state index contributed by atoms with van der Waals surface area (Å²) in [5.74, 6) is -2.28. The third kappa shape index (κ3) is 4.12. The van der Waals surface area contributed by atoms with E-state index in [0.29, 0.717) is 19.8 Å². The highest BCUT2D eigenvalue weighted by Crippen LogP contribution is 2.14. The van der Waals surface area contributed by atoms with Crippen molar-refractivity contribution in [3.05, 3.63) is 11.1 Å². The Morgan fingerprint density at radius 1 is 1.11 bits per heavy atom. The quantitative estimate of drug-likeness (QED) is 0.677. The van der Waals surface area contributed by atoms with E-state index in [0.717, 1.165) is 13.1 Å². The maximum Gasteiger partial charge on any atom is 0.332 e. The third-order valence-corrected chi connectivity index (χ3v) is 3.02.